The molecule has 1 aliphatic heterocycles. The van der Waals surface area contributed by atoms with E-state index in [1.807, 2.05) is 37.3 Å². The van der Waals surface area contributed by atoms with Crippen molar-refractivity contribution in [1.82, 2.24) is 14.9 Å². The molecule has 0 bridgehead atoms. The summed E-state index contributed by atoms with van der Waals surface area (Å²) in [7, 11) is 0. The van der Waals surface area contributed by atoms with Crippen molar-refractivity contribution in [3.8, 4) is 0 Å². The number of carbonyl (C=O) groups excluding carboxylic acids is 1. The number of rotatable bonds is 7. The van der Waals surface area contributed by atoms with Crippen molar-refractivity contribution in [2.45, 2.75) is 45.1 Å². The van der Waals surface area contributed by atoms with E-state index in [2.05, 4.69) is 9.97 Å². The molecule has 7 nitrogen and oxygen atoms in total. The van der Waals surface area contributed by atoms with E-state index in [9.17, 15) is 19.8 Å². The highest BCUT2D eigenvalue weighted by molar-refractivity contribution is 5.81. The van der Waals surface area contributed by atoms with Gasteiger partial charge >= 0.3 is 5.97 Å². The Morgan fingerprint density at radius 3 is 2.71 bits per heavy atom. The van der Waals surface area contributed by atoms with Crippen LogP contribution in [0.2, 0.25) is 0 Å². The number of hydrogen-bond acceptors (Lipinski definition) is 4. The van der Waals surface area contributed by atoms with Crippen LogP contribution in [0.4, 0.5) is 0 Å². The Morgan fingerprint density at radius 1 is 1.32 bits per heavy atom. The second kappa shape index (κ2) is 8.56. The lowest BCUT2D eigenvalue weighted by Gasteiger charge is -2.43. The van der Waals surface area contributed by atoms with Crippen molar-refractivity contribution < 1.29 is 19.8 Å². The molecule has 2 atom stereocenters. The van der Waals surface area contributed by atoms with Gasteiger partial charge in [-0.3, -0.25) is 9.59 Å². The number of imidazole rings is 1. The Hall–Kier alpha value is -2.67. The topological polar surface area (TPSA) is 107 Å². The summed E-state index contributed by atoms with van der Waals surface area (Å²) in [5.74, 6) is -1.20. The van der Waals surface area contributed by atoms with Gasteiger partial charge in [-0.25, -0.2) is 4.98 Å². The van der Waals surface area contributed by atoms with Gasteiger partial charge in [-0.05, 0) is 38.2 Å². The molecule has 1 aliphatic rings. The number of aliphatic hydroxyl groups is 1. The fraction of sp³-hybridized carbons (Fsp3) is 0.476. The van der Waals surface area contributed by atoms with Crippen LogP contribution < -0.4 is 0 Å². The van der Waals surface area contributed by atoms with Crippen LogP contribution in [0.25, 0.3) is 0 Å². The van der Waals surface area contributed by atoms with E-state index < -0.39 is 17.5 Å². The quantitative estimate of drug-likeness (QED) is 0.675. The van der Waals surface area contributed by atoms with Gasteiger partial charge in [0, 0.05) is 18.8 Å². The molecule has 1 saturated heterocycles. The number of aliphatic carboxylic acids is 1. The van der Waals surface area contributed by atoms with Gasteiger partial charge in [0.1, 0.15) is 5.41 Å². The van der Waals surface area contributed by atoms with Crippen LogP contribution in [-0.2, 0) is 22.4 Å². The molecule has 1 fully saturated rings. The van der Waals surface area contributed by atoms with E-state index in [1.54, 1.807) is 11.2 Å². The van der Waals surface area contributed by atoms with Crippen molar-refractivity contribution in [3.05, 3.63) is 53.6 Å². The number of aliphatic hydroxyl groups excluding tert-OH is 1. The van der Waals surface area contributed by atoms with Crippen molar-refractivity contribution in [3.63, 3.8) is 0 Å². The third kappa shape index (κ3) is 4.25. The van der Waals surface area contributed by atoms with Crippen LogP contribution in [0, 0.1) is 12.3 Å². The number of likely N-dealkylation sites (tertiary alicyclic amines) is 1. The molecule has 150 valence electrons. The number of amides is 1. The standard InChI is InChI=1S/C21H27N3O4/c1-15-17(23-14-22-15)12-19(26)24-11-9-18(25)21(13-24,20(27)28)10-5-8-16-6-3-2-4-7-16/h2-4,6-7,14,18,25H,5,8-13H2,1H3,(H,22,23)(H,27,28)/t18-,21-/m1/s1. The molecule has 0 aliphatic carbocycles. The van der Waals surface area contributed by atoms with Gasteiger partial charge in [0.25, 0.3) is 0 Å². The Labute approximate surface area is 164 Å². The molecule has 0 radical (unpaired) electrons. The zero-order chi connectivity index (χ0) is 20.1. The summed E-state index contributed by atoms with van der Waals surface area (Å²) in [4.78, 5) is 33.5. The molecule has 3 N–H and O–H groups in total. The lowest BCUT2D eigenvalue weighted by molar-refractivity contribution is -0.166. The Morgan fingerprint density at radius 2 is 2.07 bits per heavy atom. The first kappa shape index (κ1) is 20.1. The number of carboxylic acid groups (broad SMARTS) is 1. The van der Waals surface area contributed by atoms with Gasteiger partial charge in [-0.1, -0.05) is 30.3 Å². The van der Waals surface area contributed by atoms with Crippen LogP contribution in [-0.4, -0.2) is 56.2 Å². The Kier molecular flexibility index (Phi) is 6.14. The molecule has 28 heavy (non-hydrogen) atoms. The minimum absolute atomic E-state index is 0.0284. The fourth-order valence-electron chi connectivity index (χ4n) is 3.93. The third-order valence-corrected chi connectivity index (χ3v) is 5.75. The molecular weight excluding hydrogens is 358 g/mol. The average molecular weight is 385 g/mol. The van der Waals surface area contributed by atoms with Crippen molar-refractivity contribution in [2.24, 2.45) is 5.41 Å². The minimum atomic E-state index is -1.33. The predicted molar refractivity (Wildman–Crippen MR) is 104 cm³/mol. The number of aromatic amines is 1. The average Bonchev–Trinajstić information content (AvgIpc) is 3.08. The maximum atomic E-state index is 12.7. The number of aryl methyl sites for hydroxylation is 2. The molecule has 0 saturated carbocycles. The maximum absolute atomic E-state index is 12.7. The summed E-state index contributed by atoms with van der Waals surface area (Å²) in [6.45, 7) is 2.23. The van der Waals surface area contributed by atoms with Crippen LogP contribution in [0.5, 0.6) is 0 Å². The molecule has 0 spiro atoms. The number of aromatic nitrogens is 2. The van der Waals surface area contributed by atoms with E-state index in [1.165, 1.54) is 0 Å². The number of hydrogen-bond donors (Lipinski definition) is 3. The summed E-state index contributed by atoms with van der Waals surface area (Å²) >= 11 is 0. The van der Waals surface area contributed by atoms with E-state index in [0.717, 1.165) is 17.7 Å². The second-order valence-corrected chi connectivity index (χ2v) is 7.57. The number of nitrogens with one attached hydrogen (secondary N) is 1. The number of H-pyrrole nitrogens is 1. The van der Waals surface area contributed by atoms with Crippen LogP contribution in [0.15, 0.2) is 36.7 Å². The summed E-state index contributed by atoms with van der Waals surface area (Å²) in [6.07, 6.45) is 2.68. The number of benzene rings is 1. The summed E-state index contributed by atoms with van der Waals surface area (Å²) in [5, 5.41) is 20.5. The minimum Gasteiger partial charge on any atom is -0.481 e. The van der Waals surface area contributed by atoms with Crippen molar-refractivity contribution in [2.75, 3.05) is 13.1 Å². The van der Waals surface area contributed by atoms with Gasteiger partial charge in [0.2, 0.25) is 5.91 Å². The highest BCUT2D eigenvalue weighted by Crippen LogP contribution is 2.36. The highest BCUT2D eigenvalue weighted by Gasteiger charge is 2.49. The molecule has 2 heterocycles. The van der Waals surface area contributed by atoms with Gasteiger partial charge in [-0.15, -0.1) is 0 Å². The number of carboxylic acids is 1. The first-order valence-corrected chi connectivity index (χ1v) is 9.64. The second-order valence-electron chi connectivity index (χ2n) is 7.57. The van der Waals surface area contributed by atoms with E-state index in [4.69, 9.17) is 0 Å². The molecule has 2 aromatic rings. The highest BCUT2D eigenvalue weighted by atomic mass is 16.4. The van der Waals surface area contributed by atoms with Crippen LogP contribution in [0.1, 0.15) is 36.2 Å². The van der Waals surface area contributed by atoms with Crippen LogP contribution >= 0.6 is 0 Å². The van der Waals surface area contributed by atoms with Crippen LogP contribution in [0.3, 0.4) is 0 Å². The van der Waals surface area contributed by atoms with Crippen molar-refractivity contribution in [1.29, 1.82) is 0 Å². The first-order valence-electron chi connectivity index (χ1n) is 9.64. The predicted octanol–water partition coefficient (Wildman–Crippen LogP) is 1.95. The monoisotopic (exact) mass is 385 g/mol. The maximum Gasteiger partial charge on any atom is 0.314 e. The molecule has 0 unspecified atom stereocenters. The SMILES string of the molecule is Cc1[nH]cnc1CC(=O)N1CC[C@@H](O)[C@](CCCc2ccccc2)(C(=O)O)C1. The third-order valence-electron chi connectivity index (χ3n) is 5.75. The van der Waals surface area contributed by atoms with Gasteiger partial charge in [0.05, 0.1) is 24.5 Å². The Balaban J connectivity index is 1.68. The lowest BCUT2D eigenvalue weighted by atomic mass is 9.73. The molecule has 1 aromatic carbocycles. The molecule has 1 amide bonds. The fourth-order valence-corrected chi connectivity index (χ4v) is 3.93. The van der Waals surface area contributed by atoms with E-state index in [0.29, 0.717) is 25.1 Å². The smallest absolute Gasteiger partial charge is 0.314 e. The largest absolute Gasteiger partial charge is 0.481 e. The molecular formula is C21H27N3O4. The molecule has 3 rings (SSSR count). The van der Waals surface area contributed by atoms with Gasteiger partial charge < -0.3 is 20.1 Å². The lowest BCUT2D eigenvalue weighted by Crippen LogP contribution is -2.57. The van der Waals surface area contributed by atoms with E-state index in [-0.39, 0.29) is 25.3 Å². The summed E-state index contributed by atoms with van der Waals surface area (Å²) in [5.41, 5.74) is 1.30. The summed E-state index contributed by atoms with van der Waals surface area (Å²) < 4.78 is 0. The molecule has 1 aromatic heterocycles. The Bertz CT molecular complexity index is 820. The first-order chi connectivity index (χ1) is 13.4. The zero-order valence-electron chi connectivity index (χ0n) is 16.1. The van der Waals surface area contributed by atoms with E-state index >= 15 is 0 Å². The van der Waals surface area contributed by atoms with Crippen molar-refractivity contribution >= 4 is 11.9 Å². The van der Waals surface area contributed by atoms with Gasteiger partial charge in [0.15, 0.2) is 0 Å². The zero-order valence-corrected chi connectivity index (χ0v) is 16.1. The number of nitrogens with zero attached hydrogens (tertiary/aromatic N) is 2. The normalized spacial score (nSPS) is 22.2. The summed E-state index contributed by atoms with van der Waals surface area (Å²) in [6, 6.07) is 9.86. The molecule has 7 heteroatoms. The number of carbonyl (C=O) groups is 2. The number of piperidine rings is 1. The van der Waals surface area contributed by atoms with Gasteiger partial charge in [-0.2, -0.15) is 0 Å².